The maximum absolute atomic E-state index is 10.7. The Morgan fingerprint density at radius 1 is 0.913 bits per heavy atom. The van der Waals surface area contributed by atoms with E-state index in [9.17, 15) is 20.2 Å². The van der Waals surface area contributed by atoms with Gasteiger partial charge in [0.05, 0.1) is 9.85 Å². The monoisotopic (exact) mass is 316 g/mol. The third-order valence-corrected chi connectivity index (χ3v) is 3.21. The van der Waals surface area contributed by atoms with Gasteiger partial charge in [0.2, 0.25) is 0 Å². The molecule has 2 rings (SSSR count). The molecule has 0 spiro atoms. The van der Waals surface area contributed by atoms with Crippen LogP contribution in [0.3, 0.4) is 0 Å². The van der Waals surface area contributed by atoms with E-state index in [0.717, 1.165) is 11.4 Å². The Kier molecular flexibility index (Phi) is 4.87. The van der Waals surface area contributed by atoms with Crippen LogP contribution in [0.4, 0.5) is 22.7 Å². The maximum Gasteiger partial charge on any atom is 0.269 e. The first-order valence-electron chi connectivity index (χ1n) is 6.90. The number of nitrogens with two attached hydrogens (primary N) is 1. The summed E-state index contributed by atoms with van der Waals surface area (Å²) in [5.74, 6) is 0. The van der Waals surface area contributed by atoms with E-state index < -0.39 is 9.85 Å². The van der Waals surface area contributed by atoms with Crippen molar-refractivity contribution in [3.63, 3.8) is 0 Å². The van der Waals surface area contributed by atoms with Crippen LogP contribution in [0.5, 0.6) is 0 Å². The highest BCUT2D eigenvalue weighted by Gasteiger charge is 2.14. The molecule has 0 aliphatic heterocycles. The van der Waals surface area contributed by atoms with Gasteiger partial charge in [-0.05, 0) is 31.2 Å². The number of anilines is 2. The van der Waals surface area contributed by atoms with Gasteiger partial charge < -0.3 is 10.6 Å². The van der Waals surface area contributed by atoms with Gasteiger partial charge in [-0.1, -0.05) is 0 Å². The lowest BCUT2D eigenvalue weighted by molar-refractivity contribution is -0.385. The summed E-state index contributed by atoms with van der Waals surface area (Å²) < 4.78 is 0. The zero-order valence-corrected chi connectivity index (χ0v) is 12.5. The second-order valence-electron chi connectivity index (χ2n) is 5.13. The van der Waals surface area contributed by atoms with E-state index in [0.29, 0.717) is 6.54 Å². The summed E-state index contributed by atoms with van der Waals surface area (Å²) in [6.45, 7) is 2.30. The van der Waals surface area contributed by atoms with Gasteiger partial charge in [0.15, 0.2) is 0 Å². The Bertz CT molecular complexity index is 641. The van der Waals surface area contributed by atoms with Gasteiger partial charge in [-0.2, -0.15) is 0 Å². The van der Waals surface area contributed by atoms with Gasteiger partial charge >= 0.3 is 0 Å². The molecule has 0 saturated carbocycles. The van der Waals surface area contributed by atoms with E-state index in [4.69, 9.17) is 5.73 Å². The van der Waals surface area contributed by atoms with Gasteiger partial charge in [0, 0.05) is 48.2 Å². The molecule has 0 bridgehead atoms. The molecule has 0 aliphatic carbocycles. The number of hydrogen-bond donors (Lipinski definition) is 1. The van der Waals surface area contributed by atoms with Crippen molar-refractivity contribution >= 4 is 22.7 Å². The summed E-state index contributed by atoms with van der Waals surface area (Å²) in [5, 5.41) is 21.5. The van der Waals surface area contributed by atoms with Crippen molar-refractivity contribution in [2.75, 3.05) is 11.4 Å². The quantitative estimate of drug-likeness (QED) is 0.647. The second-order valence-corrected chi connectivity index (χ2v) is 5.13. The predicted octanol–water partition coefficient (Wildman–Crippen LogP) is 2.99. The maximum atomic E-state index is 10.7. The molecule has 0 aromatic heterocycles. The van der Waals surface area contributed by atoms with E-state index in [1.165, 1.54) is 24.3 Å². The first-order valence-corrected chi connectivity index (χ1v) is 6.90. The molecular formula is C15H16N4O4. The molecule has 1 unspecified atom stereocenters. The Morgan fingerprint density at radius 3 is 1.52 bits per heavy atom. The number of rotatable bonds is 6. The summed E-state index contributed by atoms with van der Waals surface area (Å²) in [6.07, 6.45) is 0. The molecule has 0 heterocycles. The van der Waals surface area contributed by atoms with Gasteiger partial charge in [0.25, 0.3) is 11.4 Å². The van der Waals surface area contributed by atoms with Gasteiger partial charge in [0.1, 0.15) is 0 Å². The highest BCUT2D eigenvalue weighted by molar-refractivity contribution is 5.65. The minimum Gasteiger partial charge on any atom is -0.340 e. The zero-order chi connectivity index (χ0) is 17.0. The second kappa shape index (κ2) is 6.84. The Balaban J connectivity index is 2.36. The number of non-ortho nitro benzene ring substituents is 2. The summed E-state index contributed by atoms with van der Waals surface area (Å²) in [6, 6.07) is 12.0. The van der Waals surface area contributed by atoms with E-state index in [2.05, 4.69) is 0 Å². The van der Waals surface area contributed by atoms with Crippen molar-refractivity contribution in [1.82, 2.24) is 0 Å². The van der Waals surface area contributed by atoms with Crippen molar-refractivity contribution in [2.24, 2.45) is 5.73 Å². The standard InChI is InChI=1S/C15H16N4O4/c1-11(16)10-17(12-2-6-14(7-3-12)18(20)21)13-4-8-15(9-5-13)19(22)23/h2-9,11H,10,16H2,1H3. The Labute approximate surface area is 132 Å². The first kappa shape index (κ1) is 16.4. The summed E-state index contributed by atoms with van der Waals surface area (Å²) >= 11 is 0. The topological polar surface area (TPSA) is 116 Å². The first-order chi connectivity index (χ1) is 10.9. The molecule has 2 N–H and O–H groups in total. The number of nitro benzene ring substituents is 2. The molecule has 2 aromatic rings. The summed E-state index contributed by atoms with van der Waals surface area (Å²) in [5.41, 5.74) is 7.31. The van der Waals surface area contributed by atoms with Crippen LogP contribution >= 0.6 is 0 Å². The molecule has 0 amide bonds. The molecule has 0 saturated heterocycles. The van der Waals surface area contributed by atoms with Crippen molar-refractivity contribution in [1.29, 1.82) is 0 Å². The van der Waals surface area contributed by atoms with Crippen LogP contribution in [0, 0.1) is 20.2 Å². The third-order valence-electron chi connectivity index (χ3n) is 3.21. The molecule has 0 fully saturated rings. The SMILES string of the molecule is CC(N)CN(c1ccc([N+](=O)[O-])cc1)c1ccc([N+](=O)[O-])cc1. The van der Waals surface area contributed by atoms with E-state index >= 15 is 0 Å². The van der Waals surface area contributed by atoms with Crippen LogP contribution in [0.15, 0.2) is 48.5 Å². The number of nitro groups is 2. The molecule has 120 valence electrons. The van der Waals surface area contributed by atoms with Crippen molar-refractivity contribution < 1.29 is 9.85 Å². The van der Waals surface area contributed by atoms with E-state index in [1.807, 2.05) is 11.8 Å². The van der Waals surface area contributed by atoms with Gasteiger partial charge in [-0.25, -0.2) is 0 Å². The smallest absolute Gasteiger partial charge is 0.269 e. The molecule has 2 aromatic carbocycles. The van der Waals surface area contributed by atoms with Crippen LogP contribution in [-0.4, -0.2) is 22.4 Å². The van der Waals surface area contributed by atoms with Crippen molar-refractivity contribution in [2.45, 2.75) is 13.0 Å². The average molecular weight is 316 g/mol. The molecule has 23 heavy (non-hydrogen) atoms. The van der Waals surface area contributed by atoms with Crippen LogP contribution in [0.25, 0.3) is 0 Å². The van der Waals surface area contributed by atoms with Crippen molar-refractivity contribution in [3.8, 4) is 0 Å². The Hall–Kier alpha value is -3.00. The summed E-state index contributed by atoms with van der Waals surface area (Å²) in [4.78, 5) is 22.4. The minimum absolute atomic E-state index is 0.00167. The van der Waals surface area contributed by atoms with Crippen LogP contribution < -0.4 is 10.6 Å². The number of benzene rings is 2. The predicted molar refractivity (Wildman–Crippen MR) is 86.8 cm³/mol. The van der Waals surface area contributed by atoms with Crippen LogP contribution in [-0.2, 0) is 0 Å². The lowest BCUT2D eigenvalue weighted by Gasteiger charge is -2.26. The average Bonchev–Trinajstić information content (AvgIpc) is 2.52. The molecule has 8 nitrogen and oxygen atoms in total. The molecule has 0 radical (unpaired) electrons. The summed E-state index contributed by atoms with van der Waals surface area (Å²) in [7, 11) is 0. The van der Waals surface area contributed by atoms with Crippen LogP contribution in [0.1, 0.15) is 6.92 Å². The molecule has 1 atom stereocenters. The molecular weight excluding hydrogens is 300 g/mol. The fraction of sp³-hybridized carbons (Fsp3) is 0.200. The van der Waals surface area contributed by atoms with Crippen LogP contribution in [0.2, 0.25) is 0 Å². The fourth-order valence-corrected chi connectivity index (χ4v) is 2.16. The number of hydrogen-bond acceptors (Lipinski definition) is 6. The van der Waals surface area contributed by atoms with Gasteiger partial charge in [-0.3, -0.25) is 20.2 Å². The minimum atomic E-state index is -0.467. The number of nitrogens with zero attached hydrogens (tertiary/aromatic N) is 3. The van der Waals surface area contributed by atoms with Gasteiger partial charge in [-0.15, -0.1) is 0 Å². The zero-order valence-electron chi connectivity index (χ0n) is 12.5. The van der Waals surface area contributed by atoms with E-state index in [1.54, 1.807) is 24.3 Å². The highest BCUT2D eigenvalue weighted by atomic mass is 16.6. The third kappa shape index (κ3) is 4.01. The highest BCUT2D eigenvalue weighted by Crippen LogP contribution is 2.28. The lowest BCUT2D eigenvalue weighted by Crippen LogP contribution is -2.32. The largest absolute Gasteiger partial charge is 0.340 e. The fourth-order valence-electron chi connectivity index (χ4n) is 2.16. The Morgan fingerprint density at radius 2 is 1.26 bits per heavy atom. The molecule has 0 aliphatic rings. The normalized spacial score (nSPS) is 11.7. The lowest BCUT2D eigenvalue weighted by atomic mass is 10.2. The van der Waals surface area contributed by atoms with E-state index in [-0.39, 0.29) is 17.4 Å². The molecule has 8 heteroatoms. The van der Waals surface area contributed by atoms with Crippen molar-refractivity contribution in [3.05, 3.63) is 68.8 Å².